The van der Waals surface area contributed by atoms with E-state index in [2.05, 4.69) is 19.2 Å². The number of nitrogens with zero attached hydrogens (tertiary/aromatic N) is 4. The van der Waals surface area contributed by atoms with Crippen LogP contribution in [0.2, 0.25) is 0 Å². The first-order valence-electron chi connectivity index (χ1n) is 8.47. The summed E-state index contributed by atoms with van der Waals surface area (Å²) < 4.78 is 23.4. The van der Waals surface area contributed by atoms with Crippen LogP contribution < -0.4 is 14.5 Å². The van der Waals surface area contributed by atoms with Crippen molar-refractivity contribution in [1.82, 2.24) is 9.36 Å². The van der Waals surface area contributed by atoms with E-state index >= 15 is 0 Å². The molecule has 2 heterocycles. The third-order valence-corrected chi connectivity index (χ3v) is 5.28. The molecule has 26 heavy (non-hydrogen) atoms. The molecule has 1 saturated heterocycles. The number of methoxy groups -OCH3 is 1. The predicted octanol–water partition coefficient (Wildman–Crippen LogP) is 3.68. The van der Waals surface area contributed by atoms with E-state index in [1.54, 1.807) is 6.07 Å². The van der Waals surface area contributed by atoms with E-state index in [0.717, 1.165) is 48.4 Å². The van der Waals surface area contributed by atoms with Crippen LogP contribution in [0, 0.1) is 5.82 Å². The third-order valence-electron chi connectivity index (χ3n) is 4.50. The summed E-state index contributed by atoms with van der Waals surface area (Å²) in [5.41, 5.74) is 1.91. The number of anilines is 2. The Bertz CT molecular complexity index is 878. The lowest BCUT2D eigenvalue weighted by atomic mass is 10.2. The van der Waals surface area contributed by atoms with Crippen LogP contribution in [-0.2, 0) is 0 Å². The molecule has 0 unspecified atom stereocenters. The Balaban J connectivity index is 1.42. The van der Waals surface area contributed by atoms with Gasteiger partial charge in [-0.15, -0.1) is 0 Å². The van der Waals surface area contributed by atoms with Crippen LogP contribution in [0.25, 0.3) is 11.4 Å². The smallest absolute Gasteiger partial charge is 0.205 e. The van der Waals surface area contributed by atoms with Gasteiger partial charge in [-0.25, -0.2) is 4.39 Å². The van der Waals surface area contributed by atoms with Gasteiger partial charge in [-0.2, -0.15) is 9.36 Å². The molecule has 1 aromatic heterocycles. The van der Waals surface area contributed by atoms with Crippen molar-refractivity contribution in [1.29, 1.82) is 0 Å². The van der Waals surface area contributed by atoms with Crippen LogP contribution in [0.1, 0.15) is 0 Å². The minimum atomic E-state index is -0.330. The van der Waals surface area contributed by atoms with Crippen LogP contribution in [0.3, 0.4) is 0 Å². The second kappa shape index (κ2) is 7.29. The molecule has 1 fully saturated rings. The summed E-state index contributed by atoms with van der Waals surface area (Å²) in [6.07, 6.45) is 0. The fraction of sp³-hybridized carbons (Fsp3) is 0.263. The van der Waals surface area contributed by atoms with Crippen molar-refractivity contribution in [2.24, 2.45) is 0 Å². The van der Waals surface area contributed by atoms with E-state index in [1.165, 1.54) is 24.7 Å². The van der Waals surface area contributed by atoms with E-state index in [4.69, 9.17) is 4.74 Å². The molecule has 0 radical (unpaired) electrons. The summed E-state index contributed by atoms with van der Waals surface area (Å²) in [5.74, 6) is 0.712. The van der Waals surface area contributed by atoms with Gasteiger partial charge in [-0.05, 0) is 12.1 Å². The van der Waals surface area contributed by atoms with Crippen molar-refractivity contribution in [3.8, 4) is 17.1 Å². The largest absolute Gasteiger partial charge is 0.494 e. The molecule has 0 spiro atoms. The fourth-order valence-electron chi connectivity index (χ4n) is 3.06. The normalized spacial score (nSPS) is 14.5. The highest BCUT2D eigenvalue weighted by molar-refractivity contribution is 7.09. The van der Waals surface area contributed by atoms with E-state index in [-0.39, 0.29) is 11.6 Å². The summed E-state index contributed by atoms with van der Waals surface area (Å²) in [7, 11) is 1.47. The highest BCUT2D eigenvalue weighted by Gasteiger charge is 2.21. The number of rotatable bonds is 4. The zero-order valence-electron chi connectivity index (χ0n) is 14.4. The molecule has 1 aliphatic rings. The number of benzene rings is 2. The summed E-state index contributed by atoms with van der Waals surface area (Å²) in [4.78, 5) is 9.09. The maximum atomic E-state index is 13.9. The molecule has 0 aliphatic carbocycles. The SMILES string of the molecule is COc1ccc(N2CCN(c3nc(-c4ccccc4)ns3)CC2)cc1F. The van der Waals surface area contributed by atoms with E-state index < -0.39 is 0 Å². The van der Waals surface area contributed by atoms with Crippen molar-refractivity contribution in [2.45, 2.75) is 0 Å². The van der Waals surface area contributed by atoms with Crippen molar-refractivity contribution >= 4 is 22.4 Å². The lowest BCUT2D eigenvalue weighted by Crippen LogP contribution is -2.46. The number of piperazine rings is 1. The summed E-state index contributed by atoms with van der Waals surface area (Å²) in [6.45, 7) is 3.28. The van der Waals surface area contributed by atoms with Crippen LogP contribution in [0.15, 0.2) is 48.5 Å². The molecule has 134 valence electrons. The Hall–Kier alpha value is -2.67. The van der Waals surface area contributed by atoms with Crippen molar-refractivity contribution in [3.05, 3.63) is 54.3 Å². The average molecular weight is 370 g/mol. The molecule has 5 nitrogen and oxygen atoms in total. The zero-order valence-corrected chi connectivity index (χ0v) is 15.2. The Morgan fingerprint density at radius 3 is 2.42 bits per heavy atom. The second-order valence-corrected chi connectivity index (χ2v) is 6.79. The van der Waals surface area contributed by atoms with Gasteiger partial charge in [0.1, 0.15) is 0 Å². The van der Waals surface area contributed by atoms with Gasteiger partial charge in [0, 0.05) is 55.0 Å². The zero-order chi connectivity index (χ0) is 17.9. The van der Waals surface area contributed by atoms with E-state index in [9.17, 15) is 4.39 Å². The third kappa shape index (κ3) is 3.35. The lowest BCUT2D eigenvalue weighted by molar-refractivity contribution is 0.386. The molecule has 0 atom stereocenters. The first-order chi connectivity index (χ1) is 12.7. The van der Waals surface area contributed by atoms with Gasteiger partial charge in [-0.3, -0.25) is 0 Å². The number of aromatic nitrogens is 2. The molecule has 4 rings (SSSR count). The fourth-order valence-corrected chi connectivity index (χ4v) is 3.80. The van der Waals surface area contributed by atoms with Crippen LogP contribution in [0.4, 0.5) is 15.2 Å². The van der Waals surface area contributed by atoms with Gasteiger partial charge in [0.25, 0.3) is 0 Å². The molecule has 0 amide bonds. The Kier molecular flexibility index (Phi) is 4.71. The minimum absolute atomic E-state index is 0.273. The molecular formula is C19H19FN4OS. The van der Waals surface area contributed by atoms with E-state index in [1.807, 2.05) is 36.4 Å². The highest BCUT2D eigenvalue weighted by atomic mass is 32.1. The summed E-state index contributed by atoms with van der Waals surface area (Å²) in [5, 5.41) is 0.935. The van der Waals surface area contributed by atoms with Gasteiger partial charge < -0.3 is 14.5 Å². The molecule has 3 aromatic rings. The Labute approximate surface area is 155 Å². The van der Waals surface area contributed by atoms with Gasteiger partial charge in [-0.1, -0.05) is 30.3 Å². The first-order valence-corrected chi connectivity index (χ1v) is 9.24. The second-order valence-electron chi connectivity index (χ2n) is 6.06. The Morgan fingerprint density at radius 1 is 1.00 bits per heavy atom. The minimum Gasteiger partial charge on any atom is -0.494 e. The van der Waals surface area contributed by atoms with Crippen molar-refractivity contribution in [2.75, 3.05) is 43.1 Å². The quantitative estimate of drug-likeness (QED) is 0.701. The maximum absolute atomic E-state index is 13.9. The molecule has 7 heteroatoms. The molecule has 2 aromatic carbocycles. The highest BCUT2D eigenvalue weighted by Crippen LogP contribution is 2.27. The number of hydrogen-bond donors (Lipinski definition) is 0. The number of halogens is 1. The maximum Gasteiger partial charge on any atom is 0.205 e. The number of ether oxygens (including phenoxy) is 1. The molecule has 0 N–H and O–H groups in total. The van der Waals surface area contributed by atoms with Crippen molar-refractivity contribution in [3.63, 3.8) is 0 Å². The topological polar surface area (TPSA) is 41.5 Å². The molecule has 0 bridgehead atoms. The van der Waals surface area contributed by atoms with Crippen molar-refractivity contribution < 1.29 is 9.13 Å². The van der Waals surface area contributed by atoms with Gasteiger partial charge in [0.05, 0.1) is 7.11 Å². The average Bonchev–Trinajstić information content (AvgIpc) is 3.19. The van der Waals surface area contributed by atoms with Gasteiger partial charge in [0.2, 0.25) is 5.13 Å². The Morgan fingerprint density at radius 2 is 1.73 bits per heavy atom. The molecular weight excluding hydrogens is 351 g/mol. The monoisotopic (exact) mass is 370 g/mol. The van der Waals surface area contributed by atoms with Gasteiger partial charge in [0.15, 0.2) is 17.4 Å². The molecule has 1 aliphatic heterocycles. The van der Waals surface area contributed by atoms with Crippen LogP contribution in [0.5, 0.6) is 5.75 Å². The molecule has 0 saturated carbocycles. The summed E-state index contributed by atoms with van der Waals surface area (Å²) >= 11 is 1.43. The van der Waals surface area contributed by atoms with E-state index in [0.29, 0.717) is 0 Å². The first kappa shape index (κ1) is 16.8. The standard InChI is InChI=1S/C19H19FN4OS/c1-25-17-8-7-15(13-16(17)20)23-9-11-24(12-10-23)19-21-18(22-26-19)14-5-3-2-4-6-14/h2-8,13H,9-12H2,1H3. The van der Waals surface area contributed by atoms with Crippen LogP contribution in [-0.4, -0.2) is 42.6 Å². The summed E-state index contributed by atoms with van der Waals surface area (Å²) in [6, 6.07) is 15.1. The lowest BCUT2D eigenvalue weighted by Gasteiger charge is -2.35. The van der Waals surface area contributed by atoms with Gasteiger partial charge >= 0.3 is 0 Å². The van der Waals surface area contributed by atoms with Crippen LogP contribution >= 0.6 is 11.5 Å². The number of hydrogen-bond acceptors (Lipinski definition) is 6. The predicted molar refractivity (Wildman–Crippen MR) is 103 cm³/mol.